The normalized spacial score (nSPS) is 10.0. The second kappa shape index (κ2) is 5.14. The average molecular weight is 259 g/mol. The van der Waals surface area contributed by atoms with Gasteiger partial charge in [0, 0.05) is 26.3 Å². The van der Waals surface area contributed by atoms with Crippen molar-refractivity contribution in [2.75, 3.05) is 30.4 Å². The Morgan fingerprint density at radius 2 is 2.07 bits per heavy atom. The summed E-state index contributed by atoms with van der Waals surface area (Å²) in [5, 5.41) is 3.01. The molecular weight excluding hydrogens is 244 g/mol. The molecule has 1 N–H and O–H groups in total. The average Bonchev–Trinajstić information content (AvgIpc) is 2.22. The van der Waals surface area contributed by atoms with Crippen LogP contribution in [0.3, 0.4) is 0 Å². The van der Waals surface area contributed by atoms with Crippen molar-refractivity contribution in [3.63, 3.8) is 0 Å². The monoisotopic (exact) mass is 258 g/mol. The summed E-state index contributed by atoms with van der Waals surface area (Å²) >= 11 is 3.38. The zero-order valence-corrected chi connectivity index (χ0v) is 10.3. The third-order valence-electron chi connectivity index (χ3n) is 2.01. The van der Waals surface area contributed by atoms with E-state index < -0.39 is 0 Å². The number of anilines is 2. The number of nitrogens with zero attached hydrogens (tertiary/aromatic N) is 3. The van der Waals surface area contributed by atoms with Gasteiger partial charge in [-0.1, -0.05) is 0 Å². The zero-order valence-electron chi connectivity index (χ0n) is 8.71. The van der Waals surface area contributed by atoms with Crippen LogP contribution >= 0.6 is 15.9 Å². The minimum absolute atomic E-state index is 0.766. The Hall–Kier alpha value is -0.840. The SMILES string of the molecule is CCN(CC)c1ncc(Br)c(NC)n1. The van der Waals surface area contributed by atoms with Gasteiger partial charge in [-0.05, 0) is 29.8 Å². The summed E-state index contributed by atoms with van der Waals surface area (Å²) in [6.45, 7) is 6.02. The lowest BCUT2D eigenvalue weighted by Crippen LogP contribution is -2.24. The summed E-state index contributed by atoms with van der Waals surface area (Å²) in [5.41, 5.74) is 0. The Morgan fingerprint density at radius 1 is 1.43 bits per heavy atom. The van der Waals surface area contributed by atoms with Crippen molar-refractivity contribution in [1.29, 1.82) is 0 Å². The molecule has 1 heterocycles. The van der Waals surface area contributed by atoms with Gasteiger partial charge in [0.2, 0.25) is 5.95 Å². The molecule has 0 aliphatic heterocycles. The van der Waals surface area contributed by atoms with Crippen molar-refractivity contribution in [1.82, 2.24) is 9.97 Å². The van der Waals surface area contributed by atoms with Crippen molar-refractivity contribution >= 4 is 27.7 Å². The van der Waals surface area contributed by atoms with E-state index in [1.165, 1.54) is 0 Å². The smallest absolute Gasteiger partial charge is 0.227 e. The molecule has 5 heteroatoms. The summed E-state index contributed by atoms with van der Waals surface area (Å²) in [6.07, 6.45) is 1.77. The van der Waals surface area contributed by atoms with E-state index in [4.69, 9.17) is 0 Å². The molecule has 0 aliphatic rings. The Bertz CT molecular complexity index is 299. The molecule has 0 spiro atoms. The van der Waals surface area contributed by atoms with E-state index in [1.54, 1.807) is 6.20 Å². The number of halogens is 1. The second-order valence-corrected chi connectivity index (χ2v) is 3.64. The quantitative estimate of drug-likeness (QED) is 0.899. The maximum Gasteiger partial charge on any atom is 0.227 e. The van der Waals surface area contributed by atoms with Gasteiger partial charge < -0.3 is 10.2 Å². The first-order valence-corrected chi connectivity index (χ1v) is 5.47. The van der Waals surface area contributed by atoms with Gasteiger partial charge in [-0.25, -0.2) is 4.98 Å². The van der Waals surface area contributed by atoms with E-state index in [9.17, 15) is 0 Å². The maximum atomic E-state index is 4.39. The van der Waals surface area contributed by atoms with Crippen LogP contribution in [0.25, 0.3) is 0 Å². The highest BCUT2D eigenvalue weighted by molar-refractivity contribution is 9.10. The van der Waals surface area contributed by atoms with Gasteiger partial charge in [-0.2, -0.15) is 4.98 Å². The predicted molar refractivity (Wildman–Crippen MR) is 62.8 cm³/mol. The molecule has 4 nitrogen and oxygen atoms in total. The fraction of sp³-hybridized carbons (Fsp3) is 0.556. The summed E-state index contributed by atoms with van der Waals surface area (Å²) in [7, 11) is 1.85. The lowest BCUT2D eigenvalue weighted by Gasteiger charge is -2.18. The molecule has 78 valence electrons. The topological polar surface area (TPSA) is 41.1 Å². The van der Waals surface area contributed by atoms with E-state index in [1.807, 2.05) is 7.05 Å². The molecule has 0 aliphatic carbocycles. The van der Waals surface area contributed by atoms with Gasteiger partial charge in [0.25, 0.3) is 0 Å². The molecule has 14 heavy (non-hydrogen) atoms. The fourth-order valence-electron chi connectivity index (χ4n) is 1.19. The molecule has 0 amide bonds. The number of aromatic nitrogens is 2. The third kappa shape index (κ3) is 2.35. The molecule has 0 unspecified atom stereocenters. The van der Waals surface area contributed by atoms with E-state index in [0.29, 0.717) is 0 Å². The molecule has 0 radical (unpaired) electrons. The van der Waals surface area contributed by atoms with E-state index in [2.05, 4.69) is 50.0 Å². The highest BCUT2D eigenvalue weighted by Gasteiger charge is 2.07. The largest absolute Gasteiger partial charge is 0.372 e. The molecule has 0 fully saturated rings. The van der Waals surface area contributed by atoms with Crippen LogP contribution < -0.4 is 10.2 Å². The Balaban J connectivity index is 2.98. The lowest BCUT2D eigenvalue weighted by atomic mass is 10.5. The minimum atomic E-state index is 0.766. The summed E-state index contributed by atoms with van der Waals surface area (Å²) in [4.78, 5) is 10.8. The van der Waals surface area contributed by atoms with E-state index in [-0.39, 0.29) is 0 Å². The van der Waals surface area contributed by atoms with Crippen molar-refractivity contribution in [3.8, 4) is 0 Å². The first kappa shape index (κ1) is 11.2. The fourth-order valence-corrected chi connectivity index (χ4v) is 1.58. The van der Waals surface area contributed by atoms with Crippen LogP contribution in [-0.4, -0.2) is 30.1 Å². The first-order chi connectivity index (χ1) is 6.72. The van der Waals surface area contributed by atoms with Crippen LogP contribution in [0.5, 0.6) is 0 Å². The number of nitrogens with one attached hydrogen (secondary N) is 1. The van der Waals surface area contributed by atoms with Crippen molar-refractivity contribution in [2.45, 2.75) is 13.8 Å². The summed E-state index contributed by atoms with van der Waals surface area (Å²) in [6, 6.07) is 0. The maximum absolute atomic E-state index is 4.39. The Labute approximate surface area is 92.9 Å². The number of hydrogen-bond acceptors (Lipinski definition) is 4. The van der Waals surface area contributed by atoms with Crippen molar-refractivity contribution in [2.24, 2.45) is 0 Å². The Kier molecular flexibility index (Phi) is 4.13. The van der Waals surface area contributed by atoms with E-state index >= 15 is 0 Å². The number of rotatable bonds is 4. The van der Waals surface area contributed by atoms with Crippen LogP contribution in [0.4, 0.5) is 11.8 Å². The molecule has 0 atom stereocenters. The van der Waals surface area contributed by atoms with Gasteiger partial charge in [-0.15, -0.1) is 0 Å². The molecule has 0 saturated carbocycles. The highest BCUT2D eigenvalue weighted by Crippen LogP contribution is 2.20. The van der Waals surface area contributed by atoms with E-state index in [0.717, 1.165) is 29.3 Å². The van der Waals surface area contributed by atoms with Gasteiger partial charge in [0.1, 0.15) is 5.82 Å². The molecule has 1 rings (SSSR count). The molecular formula is C9H15BrN4. The number of hydrogen-bond donors (Lipinski definition) is 1. The highest BCUT2D eigenvalue weighted by atomic mass is 79.9. The van der Waals surface area contributed by atoms with Crippen LogP contribution in [0.15, 0.2) is 10.7 Å². The lowest BCUT2D eigenvalue weighted by molar-refractivity contribution is 0.821. The van der Waals surface area contributed by atoms with Crippen LogP contribution in [0, 0.1) is 0 Å². The zero-order chi connectivity index (χ0) is 10.6. The first-order valence-electron chi connectivity index (χ1n) is 4.68. The predicted octanol–water partition coefficient (Wildman–Crippen LogP) is 2.13. The van der Waals surface area contributed by atoms with Gasteiger partial charge in [0.05, 0.1) is 4.47 Å². The molecule has 0 aromatic carbocycles. The Morgan fingerprint density at radius 3 is 2.57 bits per heavy atom. The van der Waals surface area contributed by atoms with Crippen molar-refractivity contribution in [3.05, 3.63) is 10.7 Å². The van der Waals surface area contributed by atoms with Crippen LogP contribution in [-0.2, 0) is 0 Å². The standard InChI is InChI=1S/C9H15BrN4/c1-4-14(5-2)9-12-6-7(10)8(11-3)13-9/h6H,4-5H2,1-3H3,(H,11,12,13). The van der Waals surface area contributed by atoms with Crippen LogP contribution in [0.2, 0.25) is 0 Å². The molecule has 0 bridgehead atoms. The van der Waals surface area contributed by atoms with Gasteiger partial charge in [0.15, 0.2) is 0 Å². The summed E-state index contributed by atoms with van der Waals surface area (Å²) in [5.74, 6) is 1.59. The molecule has 1 aromatic rings. The minimum Gasteiger partial charge on any atom is -0.372 e. The molecule has 0 saturated heterocycles. The third-order valence-corrected chi connectivity index (χ3v) is 2.59. The molecule has 1 aromatic heterocycles. The second-order valence-electron chi connectivity index (χ2n) is 2.79. The van der Waals surface area contributed by atoms with Crippen molar-refractivity contribution < 1.29 is 0 Å². The summed E-state index contributed by atoms with van der Waals surface area (Å²) < 4.78 is 0.885. The van der Waals surface area contributed by atoms with Gasteiger partial charge in [-0.3, -0.25) is 0 Å². The van der Waals surface area contributed by atoms with Gasteiger partial charge >= 0.3 is 0 Å². The van der Waals surface area contributed by atoms with Crippen LogP contribution in [0.1, 0.15) is 13.8 Å².